The van der Waals surface area contributed by atoms with Gasteiger partial charge in [-0.1, -0.05) is 379 Å². The molecule has 0 aromatic rings. The van der Waals surface area contributed by atoms with E-state index in [9.17, 15) is 19.8 Å². The van der Waals surface area contributed by atoms with Gasteiger partial charge in [-0.05, 0) is 51.4 Å². The van der Waals surface area contributed by atoms with Crippen LogP contribution in [0.2, 0.25) is 0 Å². The molecule has 0 fully saturated rings. The molecule has 0 aliphatic rings. The van der Waals surface area contributed by atoms with E-state index in [4.69, 9.17) is 4.74 Å². The zero-order valence-electron chi connectivity index (χ0n) is 55.3. The Morgan fingerprint density at radius 1 is 0.333 bits per heavy atom. The van der Waals surface area contributed by atoms with Crippen LogP contribution in [0.5, 0.6) is 0 Å². The van der Waals surface area contributed by atoms with Gasteiger partial charge >= 0.3 is 5.97 Å². The molecule has 0 bridgehead atoms. The average molecular weight is 1140 g/mol. The second-order valence-electron chi connectivity index (χ2n) is 26.0. The number of carbonyl (C=O) groups excluding carboxylic acids is 2. The highest BCUT2D eigenvalue weighted by Gasteiger charge is 2.20. The summed E-state index contributed by atoms with van der Waals surface area (Å²) >= 11 is 0. The topological polar surface area (TPSA) is 95.9 Å². The zero-order valence-corrected chi connectivity index (χ0v) is 55.3. The standard InChI is InChI=1S/C75H147NO5/c1-3-5-7-9-11-13-15-17-19-39-43-47-51-55-59-63-67-73(78)72(71-77)76-74(79)68-64-60-56-52-48-44-40-37-35-33-31-29-27-25-23-21-22-24-26-28-30-32-34-36-38-42-46-50-54-58-62-66-70-81-75(80)69-65-61-57-53-49-45-41-20-18-16-14-12-10-8-6-4-2/h24,26,72-73,77-78H,3-23,25,27-71H2,1-2H3,(H,76,79)/b26-24-. The van der Waals surface area contributed by atoms with Crippen LogP contribution >= 0.6 is 0 Å². The Labute approximate surface area is 508 Å². The summed E-state index contributed by atoms with van der Waals surface area (Å²) in [5, 5.41) is 23.4. The number of hydrogen-bond acceptors (Lipinski definition) is 5. The van der Waals surface area contributed by atoms with Crippen molar-refractivity contribution in [3.8, 4) is 0 Å². The van der Waals surface area contributed by atoms with Crippen molar-refractivity contribution in [2.75, 3.05) is 13.2 Å². The molecule has 0 aromatic carbocycles. The second-order valence-corrected chi connectivity index (χ2v) is 26.0. The molecule has 1 amide bonds. The number of allylic oxidation sites excluding steroid dienone is 2. The van der Waals surface area contributed by atoms with E-state index in [1.54, 1.807) is 0 Å². The molecule has 3 N–H and O–H groups in total. The number of ether oxygens (including phenoxy) is 1. The van der Waals surface area contributed by atoms with Crippen molar-refractivity contribution in [1.29, 1.82) is 0 Å². The fourth-order valence-corrected chi connectivity index (χ4v) is 12.1. The molecule has 0 heterocycles. The average Bonchev–Trinajstić information content (AvgIpc) is 3.47. The molecule has 0 saturated heterocycles. The maximum atomic E-state index is 12.5. The predicted molar refractivity (Wildman–Crippen MR) is 357 cm³/mol. The van der Waals surface area contributed by atoms with Crippen LogP contribution in [0.3, 0.4) is 0 Å². The van der Waals surface area contributed by atoms with Gasteiger partial charge < -0.3 is 20.3 Å². The molecule has 0 aromatic heterocycles. The first-order valence-corrected chi connectivity index (χ1v) is 37.4. The normalized spacial score (nSPS) is 12.5. The van der Waals surface area contributed by atoms with Gasteiger partial charge in [0.15, 0.2) is 0 Å². The van der Waals surface area contributed by atoms with Crippen molar-refractivity contribution in [2.45, 2.75) is 443 Å². The molecule has 482 valence electrons. The summed E-state index contributed by atoms with van der Waals surface area (Å²) in [7, 11) is 0. The van der Waals surface area contributed by atoms with Crippen LogP contribution in [-0.2, 0) is 14.3 Å². The molecule has 81 heavy (non-hydrogen) atoms. The lowest BCUT2D eigenvalue weighted by molar-refractivity contribution is -0.143. The Morgan fingerprint density at radius 3 is 0.877 bits per heavy atom. The molecule has 2 atom stereocenters. The molecule has 2 unspecified atom stereocenters. The van der Waals surface area contributed by atoms with Crippen LogP contribution in [0, 0.1) is 0 Å². The highest BCUT2D eigenvalue weighted by Crippen LogP contribution is 2.20. The number of carbonyl (C=O) groups is 2. The molecule has 0 radical (unpaired) electrons. The molecule has 0 rings (SSSR count). The van der Waals surface area contributed by atoms with E-state index in [0.29, 0.717) is 25.9 Å². The molecule has 0 aliphatic heterocycles. The van der Waals surface area contributed by atoms with Gasteiger partial charge in [0.25, 0.3) is 0 Å². The molecule has 0 spiro atoms. The van der Waals surface area contributed by atoms with E-state index in [0.717, 1.165) is 38.5 Å². The van der Waals surface area contributed by atoms with E-state index in [-0.39, 0.29) is 18.5 Å². The maximum absolute atomic E-state index is 12.5. The van der Waals surface area contributed by atoms with Gasteiger partial charge in [-0.15, -0.1) is 0 Å². The largest absolute Gasteiger partial charge is 0.466 e. The smallest absolute Gasteiger partial charge is 0.305 e. The van der Waals surface area contributed by atoms with Crippen molar-refractivity contribution in [1.82, 2.24) is 5.32 Å². The summed E-state index contributed by atoms with van der Waals surface area (Å²) in [6.45, 7) is 5.00. The van der Waals surface area contributed by atoms with E-state index >= 15 is 0 Å². The zero-order chi connectivity index (χ0) is 58.5. The first-order valence-electron chi connectivity index (χ1n) is 37.4. The highest BCUT2D eigenvalue weighted by atomic mass is 16.5. The first-order chi connectivity index (χ1) is 40.0. The number of aliphatic hydroxyl groups is 2. The Kier molecular flexibility index (Phi) is 69.9. The minimum atomic E-state index is -0.662. The Bertz CT molecular complexity index is 1220. The van der Waals surface area contributed by atoms with Crippen LogP contribution in [-0.4, -0.2) is 47.4 Å². The maximum Gasteiger partial charge on any atom is 0.305 e. The van der Waals surface area contributed by atoms with Gasteiger partial charge in [-0.2, -0.15) is 0 Å². The molecule has 6 nitrogen and oxygen atoms in total. The molecule has 0 aliphatic carbocycles. The third kappa shape index (κ3) is 67.6. The monoisotopic (exact) mass is 1140 g/mol. The number of unbranched alkanes of at least 4 members (excludes halogenated alkanes) is 58. The molecule has 0 saturated carbocycles. The van der Waals surface area contributed by atoms with Crippen LogP contribution in [0.15, 0.2) is 12.2 Å². The number of nitrogens with one attached hydrogen (secondary N) is 1. The van der Waals surface area contributed by atoms with Gasteiger partial charge in [0.2, 0.25) is 5.91 Å². The number of esters is 1. The first kappa shape index (κ1) is 79.6. The van der Waals surface area contributed by atoms with Gasteiger partial charge in [-0.3, -0.25) is 9.59 Å². The lowest BCUT2D eigenvalue weighted by Gasteiger charge is -2.22. The van der Waals surface area contributed by atoms with Crippen molar-refractivity contribution in [3.05, 3.63) is 12.2 Å². The molecular formula is C75H147NO5. The van der Waals surface area contributed by atoms with Gasteiger partial charge in [-0.25, -0.2) is 0 Å². The third-order valence-electron chi connectivity index (χ3n) is 17.8. The highest BCUT2D eigenvalue weighted by molar-refractivity contribution is 5.76. The van der Waals surface area contributed by atoms with Crippen LogP contribution in [0.1, 0.15) is 431 Å². The van der Waals surface area contributed by atoms with Crippen molar-refractivity contribution in [3.63, 3.8) is 0 Å². The molecular weight excluding hydrogens is 995 g/mol. The number of hydrogen-bond donors (Lipinski definition) is 3. The lowest BCUT2D eigenvalue weighted by atomic mass is 10.0. The summed E-state index contributed by atoms with van der Waals surface area (Å²) in [6, 6.07) is -0.539. The van der Waals surface area contributed by atoms with E-state index in [1.807, 2.05) is 0 Å². The van der Waals surface area contributed by atoms with Gasteiger partial charge in [0.1, 0.15) is 0 Å². The number of aliphatic hydroxyl groups excluding tert-OH is 2. The minimum absolute atomic E-state index is 0.0228. The lowest BCUT2D eigenvalue weighted by Crippen LogP contribution is -2.45. The van der Waals surface area contributed by atoms with Crippen molar-refractivity contribution in [2.24, 2.45) is 0 Å². The summed E-state index contributed by atoms with van der Waals surface area (Å²) in [6.07, 6.45) is 88.6. The fraction of sp³-hybridized carbons (Fsp3) is 0.947. The van der Waals surface area contributed by atoms with E-state index < -0.39 is 12.1 Å². The number of rotatable bonds is 71. The number of amides is 1. The van der Waals surface area contributed by atoms with Crippen LogP contribution < -0.4 is 5.32 Å². The minimum Gasteiger partial charge on any atom is -0.466 e. The van der Waals surface area contributed by atoms with Gasteiger partial charge in [0, 0.05) is 12.8 Å². The third-order valence-corrected chi connectivity index (χ3v) is 17.8. The predicted octanol–water partition coefficient (Wildman–Crippen LogP) is 24.3. The van der Waals surface area contributed by atoms with Crippen molar-refractivity contribution < 1.29 is 24.5 Å². The van der Waals surface area contributed by atoms with Gasteiger partial charge in [0.05, 0.1) is 25.4 Å². The molecule has 6 heteroatoms. The summed E-state index contributed by atoms with van der Waals surface area (Å²) in [5.41, 5.74) is 0. The summed E-state index contributed by atoms with van der Waals surface area (Å²) in [4.78, 5) is 24.6. The van der Waals surface area contributed by atoms with E-state index in [1.165, 1.54) is 360 Å². The van der Waals surface area contributed by atoms with Crippen LogP contribution in [0.4, 0.5) is 0 Å². The quantitative estimate of drug-likeness (QED) is 0.0320. The van der Waals surface area contributed by atoms with E-state index in [2.05, 4.69) is 31.3 Å². The Hall–Kier alpha value is -1.40. The van der Waals surface area contributed by atoms with Crippen molar-refractivity contribution >= 4 is 11.9 Å². The Balaban J connectivity index is 3.33. The SMILES string of the molecule is CCCCCCCCCCCCCCCCCCC(=O)OCCCCCCCCCCCCCC/C=C\CCCCCCCCCCCCCCCCCCC(=O)NC(CO)C(O)CCCCCCCCCCCCCCCCCC. The summed E-state index contributed by atoms with van der Waals surface area (Å²) in [5.74, 6) is -0.00559. The second kappa shape index (κ2) is 71.1. The summed E-state index contributed by atoms with van der Waals surface area (Å²) < 4.78 is 5.51. The Morgan fingerprint density at radius 2 is 0.580 bits per heavy atom. The van der Waals surface area contributed by atoms with Crippen LogP contribution in [0.25, 0.3) is 0 Å². The fourth-order valence-electron chi connectivity index (χ4n) is 12.1.